The number of amides is 1. The number of nitrogens with one attached hydrogen (secondary N) is 1. The van der Waals surface area contributed by atoms with E-state index in [1.54, 1.807) is 35.4 Å². The van der Waals surface area contributed by atoms with Crippen molar-refractivity contribution in [3.63, 3.8) is 0 Å². The van der Waals surface area contributed by atoms with E-state index in [9.17, 15) is 4.79 Å². The molecule has 0 fully saturated rings. The van der Waals surface area contributed by atoms with Crippen molar-refractivity contribution >= 4 is 29.1 Å². The Morgan fingerprint density at radius 1 is 1.12 bits per heavy atom. The fourth-order valence-electron chi connectivity index (χ4n) is 2.62. The van der Waals surface area contributed by atoms with Gasteiger partial charge in [-0.25, -0.2) is 0 Å². The monoisotopic (exact) mass is 388 g/mol. The van der Waals surface area contributed by atoms with E-state index in [-0.39, 0.29) is 5.91 Å². The van der Waals surface area contributed by atoms with Gasteiger partial charge >= 0.3 is 0 Å². The number of hydrogen-bond donors (Lipinski definition) is 1. The molecule has 1 N–H and O–H groups in total. The minimum Gasteiger partial charge on any atom is -0.352 e. The van der Waals surface area contributed by atoms with Crippen LogP contribution in [0.5, 0.6) is 0 Å². The third-order valence-corrected chi connectivity index (χ3v) is 4.77. The topological polar surface area (TPSA) is 59.8 Å². The average Bonchev–Trinajstić information content (AvgIpc) is 3.07. The van der Waals surface area contributed by atoms with Gasteiger partial charge in [-0.05, 0) is 41.8 Å². The molecule has 0 bridgehead atoms. The molecule has 2 heterocycles. The molecule has 0 aliphatic rings. The molecule has 0 radical (unpaired) electrons. The maximum atomic E-state index is 12.1. The summed E-state index contributed by atoms with van der Waals surface area (Å²) < 4.78 is 1.79. The molecule has 1 amide bonds. The van der Waals surface area contributed by atoms with Crippen molar-refractivity contribution in [1.29, 1.82) is 0 Å². The standard InChI is InChI=1S/C19H18Cl2N4O/c1-25-18(6-7-24-25)15-8-14(10-22-12-15)11-23-19(26)5-3-13-2-4-16(20)17(21)9-13/h2,4,6-10,12H,3,5,11H2,1H3,(H,23,26). The van der Waals surface area contributed by atoms with Crippen LogP contribution in [0.1, 0.15) is 17.5 Å². The Labute approximate surface area is 162 Å². The van der Waals surface area contributed by atoms with Crippen LogP contribution in [0, 0.1) is 0 Å². The molecule has 7 heteroatoms. The highest BCUT2D eigenvalue weighted by Crippen LogP contribution is 2.23. The van der Waals surface area contributed by atoms with Crippen LogP contribution in [0.3, 0.4) is 0 Å². The van der Waals surface area contributed by atoms with E-state index in [2.05, 4.69) is 15.4 Å². The highest BCUT2D eigenvalue weighted by Gasteiger charge is 2.07. The van der Waals surface area contributed by atoms with Crippen molar-refractivity contribution < 1.29 is 4.79 Å². The van der Waals surface area contributed by atoms with E-state index in [1.165, 1.54) is 0 Å². The third kappa shape index (κ3) is 4.62. The normalized spacial score (nSPS) is 10.7. The number of rotatable bonds is 6. The Bertz CT molecular complexity index is 923. The molecule has 134 valence electrons. The number of benzene rings is 1. The van der Waals surface area contributed by atoms with Crippen LogP contribution in [-0.2, 0) is 24.8 Å². The van der Waals surface area contributed by atoms with Gasteiger partial charge in [0.15, 0.2) is 0 Å². The molecule has 0 atom stereocenters. The van der Waals surface area contributed by atoms with E-state index < -0.39 is 0 Å². The zero-order valence-electron chi connectivity index (χ0n) is 14.2. The summed E-state index contributed by atoms with van der Waals surface area (Å²) in [4.78, 5) is 16.4. The van der Waals surface area contributed by atoms with Gasteiger partial charge in [-0.3, -0.25) is 14.5 Å². The maximum absolute atomic E-state index is 12.1. The number of aromatic nitrogens is 3. The van der Waals surface area contributed by atoms with E-state index in [1.807, 2.05) is 25.2 Å². The van der Waals surface area contributed by atoms with E-state index in [4.69, 9.17) is 23.2 Å². The number of nitrogens with zero attached hydrogens (tertiary/aromatic N) is 3. The molecule has 3 aromatic rings. The molecule has 0 saturated heterocycles. The first-order chi connectivity index (χ1) is 12.5. The predicted octanol–water partition coefficient (Wildman–Crippen LogP) is 4.04. The van der Waals surface area contributed by atoms with E-state index in [0.29, 0.717) is 29.4 Å². The largest absolute Gasteiger partial charge is 0.352 e. The summed E-state index contributed by atoms with van der Waals surface area (Å²) in [6, 6.07) is 9.34. The Hall–Kier alpha value is -2.37. The highest BCUT2D eigenvalue weighted by atomic mass is 35.5. The Morgan fingerprint density at radius 3 is 2.69 bits per heavy atom. The van der Waals surface area contributed by atoms with Gasteiger partial charge in [0.25, 0.3) is 0 Å². The van der Waals surface area contributed by atoms with Crippen LogP contribution in [0.15, 0.2) is 48.9 Å². The van der Waals surface area contributed by atoms with Gasteiger partial charge in [0, 0.05) is 44.2 Å². The fraction of sp³-hybridized carbons (Fsp3) is 0.211. The van der Waals surface area contributed by atoms with Gasteiger partial charge in [0.2, 0.25) is 5.91 Å². The van der Waals surface area contributed by atoms with Gasteiger partial charge in [0.1, 0.15) is 0 Å². The SMILES string of the molecule is Cn1nccc1-c1cncc(CNC(=O)CCc2ccc(Cl)c(Cl)c2)c1. The quantitative estimate of drug-likeness (QED) is 0.692. The molecular weight excluding hydrogens is 371 g/mol. The molecule has 0 saturated carbocycles. The lowest BCUT2D eigenvalue weighted by Gasteiger charge is -2.08. The first-order valence-corrected chi connectivity index (χ1v) is 8.91. The minimum absolute atomic E-state index is 0.0259. The zero-order chi connectivity index (χ0) is 18.5. The Balaban J connectivity index is 1.54. The van der Waals surface area contributed by atoms with Crippen LogP contribution in [0.4, 0.5) is 0 Å². The van der Waals surface area contributed by atoms with Crippen molar-refractivity contribution in [2.45, 2.75) is 19.4 Å². The molecule has 0 aliphatic heterocycles. The van der Waals surface area contributed by atoms with Gasteiger partial charge in [-0.2, -0.15) is 5.10 Å². The fourth-order valence-corrected chi connectivity index (χ4v) is 2.94. The smallest absolute Gasteiger partial charge is 0.220 e. The molecule has 26 heavy (non-hydrogen) atoms. The number of halogens is 2. The van der Waals surface area contributed by atoms with Crippen molar-refractivity contribution in [2.75, 3.05) is 0 Å². The number of hydrogen-bond acceptors (Lipinski definition) is 3. The maximum Gasteiger partial charge on any atom is 0.220 e. The first-order valence-electron chi connectivity index (χ1n) is 8.16. The van der Waals surface area contributed by atoms with Crippen LogP contribution in [0.25, 0.3) is 11.3 Å². The number of aryl methyl sites for hydroxylation is 2. The van der Waals surface area contributed by atoms with Gasteiger partial charge < -0.3 is 5.32 Å². The molecule has 0 aliphatic carbocycles. The molecule has 5 nitrogen and oxygen atoms in total. The van der Waals surface area contributed by atoms with Crippen LogP contribution >= 0.6 is 23.2 Å². The van der Waals surface area contributed by atoms with E-state index >= 15 is 0 Å². The van der Waals surface area contributed by atoms with E-state index in [0.717, 1.165) is 22.4 Å². The molecule has 1 aromatic carbocycles. The Morgan fingerprint density at radius 2 is 1.96 bits per heavy atom. The summed E-state index contributed by atoms with van der Waals surface area (Å²) in [6.07, 6.45) is 6.27. The number of pyridine rings is 1. The summed E-state index contributed by atoms with van der Waals surface area (Å²) in [7, 11) is 1.88. The second-order valence-electron chi connectivity index (χ2n) is 5.95. The second kappa shape index (κ2) is 8.34. The van der Waals surface area contributed by atoms with Crippen LogP contribution < -0.4 is 5.32 Å². The van der Waals surface area contributed by atoms with Gasteiger partial charge in [0.05, 0.1) is 15.7 Å². The van der Waals surface area contributed by atoms with Crippen LogP contribution in [0.2, 0.25) is 10.0 Å². The first kappa shape index (κ1) is 18.4. The molecule has 2 aromatic heterocycles. The zero-order valence-corrected chi connectivity index (χ0v) is 15.8. The summed E-state index contributed by atoms with van der Waals surface area (Å²) in [6.45, 7) is 0.429. The van der Waals surface area contributed by atoms with Crippen molar-refractivity contribution in [1.82, 2.24) is 20.1 Å². The van der Waals surface area contributed by atoms with Gasteiger partial charge in [-0.15, -0.1) is 0 Å². The summed E-state index contributed by atoms with van der Waals surface area (Å²) >= 11 is 11.9. The van der Waals surface area contributed by atoms with Crippen molar-refractivity contribution in [3.8, 4) is 11.3 Å². The Kier molecular flexibility index (Phi) is 5.91. The highest BCUT2D eigenvalue weighted by molar-refractivity contribution is 6.42. The summed E-state index contributed by atoms with van der Waals surface area (Å²) in [5.41, 5.74) is 3.86. The lowest BCUT2D eigenvalue weighted by Crippen LogP contribution is -2.23. The third-order valence-electron chi connectivity index (χ3n) is 4.03. The van der Waals surface area contributed by atoms with Crippen molar-refractivity contribution in [3.05, 3.63) is 70.1 Å². The van der Waals surface area contributed by atoms with Crippen LogP contribution in [-0.4, -0.2) is 20.7 Å². The lowest BCUT2D eigenvalue weighted by atomic mass is 10.1. The summed E-state index contributed by atoms with van der Waals surface area (Å²) in [5.74, 6) is -0.0259. The molecule has 0 unspecified atom stereocenters. The van der Waals surface area contributed by atoms with Crippen molar-refractivity contribution in [2.24, 2.45) is 7.05 Å². The minimum atomic E-state index is -0.0259. The molecule has 3 rings (SSSR count). The number of carbonyl (C=O) groups excluding carboxylic acids is 1. The number of carbonyl (C=O) groups is 1. The molecular formula is C19H18Cl2N4O. The molecule has 0 spiro atoms. The second-order valence-corrected chi connectivity index (χ2v) is 6.76. The lowest BCUT2D eigenvalue weighted by molar-refractivity contribution is -0.121. The van der Waals surface area contributed by atoms with Gasteiger partial charge in [-0.1, -0.05) is 29.3 Å². The average molecular weight is 389 g/mol. The predicted molar refractivity (Wildman–Crippen MR) is 103 cm³/mol. The summed E-state index contributed by atoms with van der Waals surface area (Å²) in [5, 5.41) is 8.10.